The molecule has 0 aliphatic carbocycles. The zero-order chi connectivity index (χ0) is 10.5. The van der Waals surface area contributed by atoms with E-state index in [1.165, 1.54) is 38.2 Å². The van der Waals surface area contributed by atoms with E-state index in [-0.39, 0.29) is 0 Å². The minimum atomic E-state index is 0.970. The van der Waals surface area contributed by atoms with Crippen LogP contribution >= 0.6 is 0 Å². The van der Waals surface area contributed by atoms with E-state index < -0.39 is 0 Å². The lowest BCUT2D eigenvalue weighted by Crippen LogP contribution is -2.37. The van der Waals surface area contributed by atoms with Gasteiger partial charge in [-0.2, -0.15) is 0 Å². The lowest BCUT2D eigenvalue weighted by Gasteiger charge is -2.32. The maximum atomic E-state index is 3.20. The summed E-state index contributed by atoms with van der Waals surface area (Å²) in [6, 6.07) is 0. The zero-order valence-electron chi connectivity index (χ0n) is 9.58. The Hall–Kier alpha value is -0.960. The molecular formula is C12H21N3. The van der Waals surface area contributed by atoms with Gasteiger partial charge in [0.1, 0.15) is 0 Å². The Morgan fingerprint density at radius 1 is 1.13 bits per heavy atom. The molecule has 0 aromatic rings. The highest BCUT2D eigenvalue weighted by molar-refractivity contribution is 5.21. The molecule has 3 heteroatoms. The molecule has 2 aliphatic rings. The van der Waals surface area contributed by atoms with Crippen LogP contribution in [0.2, 0.25) is 0 Å². The van der Waals surface area contributed by atoms with Crippen molar-refractivity contribution in [2.24, 2.45) is 0 Å². The van der Waals surface area contributed by atoms with Crippen LogP contribution in [0.5, 0.6) is 0 Å². The van der Waals surface area contributed by atoms with E-state index >= 15 is 0 Å². The van der Waals surface area contributed by atoms with E-state index in [0.717, 1.165) is 13.1 Å². The van der Waals surface area contributed by atoms with E-state index in [2.05, 4.69) is 40.5 Å². The van der Waals surface area contributed by atoms with E-state index in [1.807, 2.05) is 0 Å². The molecule has 1 N–H and O–H groups in total. The maximum absolute atomic E-state index is 3.20. The summed E-state index contributed by atoms with van der Waals surface area (Å²) in [5.41, 5.74) is 1.39. The van der Waals surface area contributed by atoms with Gasteiger partial charge in [-0.15, -0.1) is 0 Å². The SMILES string of the molecule is CN1CCCCN(C2=CCNC=C2)CC1. The lowest BCUT2D eigenvalue weighted by molar-refractivity contribution is 0.230. The standard InChI is InChI=1S/C12H21N3/c1-14-8-2-3-9-15(11-10-14)12-4-6-13-7-5-12/h4-6,13H,2-3,7-11H2,1H3. The van der Waals surface area contributed by atoms with Gasteiger partial charge in [0.05, 0.1) is 0 Å². The third-order valence-electron chi connectivity index (χ3n) is 3.14. The molecule has 0 radical (unpaired) electrons. The summed E-state index contributed by atoms with van der Waals surface area (Å²) in [6.07, 6.45) is 9.15. The quantitative estimate of drug-likeness (QED) is 0.692. The molecule has 0 unspecified atom stereocenters. The second-order valence-corrected chi connectivity index (χ2v) is 4.37. The van der Waals surface area contributed by atoms with Crippen LogP contribution in [0.3, 0.4) is 0 Å². The Balaban J connectivity index is 1.94. The summed E-state index contributed by atoms with van der Waals surface area (Å²) in [4.78, 5) is 4.94. The fraction of sp³-hybridized carbons (Fsp3) is 0.667. The largest absolute Gasteiger partial charge is 0.387 e. The normalized spacial score (nSPS) is 24.1. The summed E-state index contributed by atoms with van der Waals surface area (Å²) in [6.45, 7) is 5.78. The van der Waals surface area contributed by atoms with Crippen LogP contribution in [-0.2, 0) is 0 Å². The van der Waals surface area contributed by atoms with Gasteiger partial charge < -0.3 is 15.1 Å². The molecule has 3 nitrogen and oxygen atoms in total. The number of allylic oxidation sites excluding steroid dienone is 1. The van der Waals surface area contributed by atoms with Gasteiger partial charge >= 0.3 is 0 Å². The highest BCUT2D eigenvalue weighted by Gasteiger charge is 2.12. The summed E-state index contributed by atoms with van der Waals surface area (Å²) < 4.78 is 0. The predicted molar refractivity (Wildman–Crippen MR) is 63.5 cm³/mol. The molecule has 2 aliphatic heterocycles. The minimum Gasteiger partial charge on any atom is -0.387 e. The van der Waals surface area contributed by atoms with E-state index in [4.69, 9.17) is 0 Å². The summed E-state index contributed by atoms with van der Waals surface area (Å²) in [7, 11) is 2.22. The second kappa shape index (κ2) is 5.21. The predicted octanol–water partition coefficient (Wildman–Crippen LogP) is 1.01. The fourth-order valence-electron chi connectivity index (χ4n) is 2.14. The van der Waals surface area contributed by atoms with E-state index in [1.54, 1.807) is 0 Å². The highest BCUT2D eigenvalue weighted by Crippen LogP contribution is 2.12. The van der Waals surface area contributed by atoms with Crippen LogP contribution in [0.4, 0.5) is 0 Å². The fourth-order valence-corrected chi connectivity index (χ4v) is 2.14. The number of nitrogens with zero attached hydrogens (tertiary/aromatic N) is 2. The molecule has 0 bridgehead atoms. The molecule has 1 fully saturated rings. The first-order chi connectivity index (χ1) is 7.36. The number of dihydropyridines is 1. The number of hydrogen-bond donors (Lipinski definition) is 1. The maximum Gasteiger partial charge on any atom is 0.0358 e. The average molecular weight is 207 g/mol. The van der Waals surface area contributed by atoms with Gasteiger partial charge in [0.25, 0.3) is 0 Å². The molecular weight excluding hydrogens is 186 g/mol. The highest BCUT2D eigenvalue weighted by atomic mass is 15.2. The van der Waals surface area contributed by atoms with Crippen LogP contribution in [0.25, 0.3) is 0 Å². The Kier molecular flexibility index (Phi) is 3.67. The molecule has 0 spiro atoms. The van der Waals surface area contributed by atoms with Gasteiger partial charge in [0, 0.05) is 31.9 Å². The summed E-state index contributed by atoms with van der Waals surface area (Å²) >= 11 is 0. The van der Waals surface area contributed by atoms with Crippen molar-refractivity contribution in [3.63, 3.8) is 0 Å². The first-order valence-corrected chi connectivity index (χ1v) is 5.90. The van der Waals surface area contributed by atoms with Crippen molar-refractivity contribution in [1.29, 1.82) is 0 Å². The monoisotopic (exact) mass is 207 g/mol. The van der Waals surface area contributed by atoms with E-state index in [9.17, 15) is 0 Å². The minimum absolute atomic E-state index is 0.970. The lowest BCUT2D eigenvalue weighted by atomic mass is 10.2. The summed E-state index contributed by atoms with van der Waals surface area (Å²) in [5.74, 6) is 0. The van der Waals surface area contributed by atoms with Crippen LogP contribution in [0.1, 0.15) is 12.8 Å². The average Bonchev–Trinajstić information content (AvgIpc) is 2.25. The van der Waals surface area contributed by atoms with Crippen molar-refractivity contribution in [1.82, 2.24) is 15.1 Å². The molecule has 0 aromatic carbocycles. The number of nitrogens with one attached hydrogen (secondary N) is 1. The van der Waals surface area contributed by atoms with Gasteiger partial charge in [0.15, 0.2) is 0 Å². The van der Waals surface area contributed by atoms with Crippen molar-refractivity contribution in [3.05, 3.63) is 24.0 Å². The third kappa shape index (κ3) is 2.99. The Morgan fingerprint density at radius 3 is 2.80 bits per heavy atom. The van der Waals surface area contributed by atoms with Crippen LogP contribution < -0.4 is 5.32 Å². The van der Waals surface area contributed by atoms with Crippen LogP contribution in [0, 0.1) is 0 Å². The first kappa shape index (κ1) is 10.6. The number of likely N-dealkylation sites (N-methyl/N-ethyl adjacent to an activating group) is 1. The number of rotatable bonds is 1. The topological polar surface area (TPSA) is 18.5 Å². The zero-order valence-corrected chi connectivity index (χ0v) is 9.58. The van der Waals surface area contributed by atoms with Gasteiger partial charge in [0.2, 0.25) is 0 Å². The first-order valence-electron chi connectivity index (χ1n) is 5.90. The molecule has 0 saturated carbocycles. The van der Waals surface area contributed by atoms with Gasteiger partial charge in [-0.25, -0.2) is 0 Å². The Labute approximate surface area is 92.4 Å². The van der Waals surface area contributed by atoms with Gasteiger partial charge in [-0.3, -0.25) is 0 Å². The van der Waals surface area contributed by atoms with Crippen molar-refractivity contribution in [2.75, 3.05) is 39.8 Å². The Bertz CT molecular complexity index is 258. The summed E-state index contributed by atoms with van der Waals surface area (Å²) in [5, 5.41) is 3.20. The molecule has 15 heavy (non-hydrogen) atoms. The molecule has 0 aromatic heterocycles. The molecule has 0 atom stereocenters. The van der Waals surface area contributed by atoms with Crippen LogP contribution in [-0.4, -0.2) is 49.6 Å². The second-order valence-electron chi connectivity index (χ2n) is 4.37. The number of hydrogen-bond acceptors (Lipinski definition) is 3. The van der Waals surface area contributed by atoms with Crippen molar-refractivity contribution >= 4 is 0 Å². The molecule has 84 valence electrons. The van der Waals surface area contributed by atoms with Crippen LogP contribution in [0.15, 0.2) is 24.0 Å². The van der Waals surface area contributed by atoms with Crippen molar-refractivity contribution in [3.8, 4) is 0 Å². The van der Waals surface area contributed by atoms with E-state index in [0.29, 0.717) is 0 Å². The van der Waals surface area contributed by atoms with Gasteiger partial charge in [-0.1, -0.05) is 0 Å². The molecule has 2 heterocycles. The Morgan fingerprint density at radius 2 is 2.00 bits per heavy atom. The molecule has 2 rings (SSSR count). The van der Waals surface area contributed by atoms with Gasteiger partial charge in [-0.05, 0) is 44.8 Å². The molecule has 1 saturated heterocycles. The van der Waals surface area contributed by atoms with Crippen molar-refractivity contribution in [2.45, 2.75) is 12.8 Å². The molecule has 0 amide bonds. The van der Waals surface area contributed by atoms with Crippen molar-refractivity contribution < 1.29 is 0 Å². The smallest absolute Gasteiger partial charge is 0.0358 e. The third-order valence-corrected chi connectivity index (χ3v) is 3.14.